The fraction of sp³-hybridized carbons (Fsp3) is 0.600. The van der Waals surface area contributed by atoms with Crippen molar-refractivity contribution in [2.75, 3.05) is 0 Å². The highest BCUT2D eigenvalue weighted by molar-refractivity contribution is 5.28. The van der Waals surface area contributed by atoms with Gasteiger partial charge in [0.1, 0.15) is 11.6 Å². The van der Waals surface area contributed by atoms with Crippen LogP contribution in [0.4, 0.5) is 8.78 Å². The monoisotopic (exact) mass is 253 g/mol. The third-order valence-electron chi connectivity index (χ3n) is 4.04. The Hall–Kier alpha value is -0.960. The number of hydrogen-bond acceptors (Lipinski definition) is 1. The van der Waals surface area contributed by atoms with E-state index < -0.39 is 11.6 Å². The van der Waals surface area contributed by atoms with Crippen LogP contribution in [0.25, 0.3) is 0 Å². The van der Waals surface area contributed by atoms with Crippen molar-refractivity contribution >= 4 is 0 Å². The maximum atomic E-state index is 13.8. The molecule has 1 aromatic carbocycles. The van der Waals surface area contributed by atoms with Gasteiger partial charge in [-0.25, -0.2) is 8.78 Å². The molecule has 1 unspecified atom stereocenters. The van der Waals surface area contributed by atoms with Crippen molar-refractivity contribution in [2.24, 2.45) is 11.7 Å². The maximum absolute atomic E-state index is 13.8. The normalized spacial score (nSPS) is 19.6. The Labute approximate surface area is 107 Å². The predicted octanol–water partition coefficient (Wildman–Crippen LogP) is 4.24. The van der Waals surface area contributed by atoms with Crippen molar-refractivity contribution < 1.29 is 8.78 Å². The Balaban J connectivity index is 2.21. The lowest BCUT2D eigenvalue weighted by Gasteiger charge is -2.23. The third-order valence-corrected chi connectivity index (χ3v) is 4.04. The summed E-state index contributed by atoms with van der Waals surface area (Å²) >= 11 is 0. The molecule has 1 fully saturated rings. The summed E-state index contributed by atoms with van der Waals surface area (Å²) in [6.45, 7) is 1.65. The minimum atomic E-state index is -0.505. The van der Waals surface area contributed by atoms with Crippen molar-refractivity contribution in [3.05, 3.63) is 34.9 Å². The number of rotatable bonds is 2. The Kier molecular flexibility index (Phi) is 4.33. The average molecular weight is 253 g/mol. The van der Waals surface area contributed by atoms with Crippen molar-refractivity contribution in [3.8, 4) is 0 Å². The molecule has 1 atom stereocenters. The summed E-state index contributed by atoms with van der Waals surface area (Å²) < 4.78 is 27.1. The number of benzene rings is 1. The molecular weight excluding hydrogens is 232 g/mol. The summed E-state index contributed by atoms with van der Waals surface area (Å²) in [5.74, 6) is -0.675. The topological polar surface area (TPSA) is 26.0 Å². The highest BCUT2D eigenvalue weighted by atomic mass is 19.1. The smallest absolute Gasteiger partial charge is 0.130 e. The maximum Gasteiger partial charge on any atom is 0.130 e. The summed E-state index contributed by atoms with van der Waals surface area (Å²) in [5, 5.41) is 0. The Morgan fingerprint density at radius 3 is 2.28 bits per heavy atom. The summed E-state index contributed by atoms with van der Waals surface area (Å²) in [6, 6.07) is 2.23. The molecule has 0 aromatic heterocycles. The van der Waals surface area contributed by atoms with Crippen LogP contribution in [0, 0.1) is 24.5 Å². The molecule has 0 saturated heterocycles. The SMILES string of the molecule is Cc1cc(C(N)C2CCCCCC2)c(F)cc1F. The van der Waals surface area contributed by atoms with Crippen molar-refractivity contribution in [1.29, 1.82) is 0 Å². The van der Waals surface area contributed by atoms with E-state index >= 15 is 0 Å². The molecule has 1 nitrogen and oxygen atoms in total. The van der Waals surface area contributed by atoms with Gasteiger partial charge in [-0.3, -0.25) is 0 Å². The van der Waals surface area contributed by atoms with Crippen LogP contribution >= 0.6 is 0 Å². The molecule has 1 saturated carbocycles. The number of aryl methyl sites for hydroxylation is 1. The van der Waals surface area contributed by atoms with E-state index in [1.165, 1.54) is 25.7 Å². The standard InChI is InChI=1S/C15H21F2N/c1-10-8-12(14(17)9-13(10)16)15(18)11-6-4-2-3-5-7-11/h8-9,11,15H,2-7,18H2,1H3. The van der Waals surface area contributed by atoms with Gasteiger partial charge in [-0.1, -0.05) is 25.7 Å². The summed E-state index contributed by atoms with van der Waals surface area (Å²) in [6.07, 6.45) is 6.93. The second-order valence-corrected chi connectivity index (χ2v) is 5.40. The summed E-state index contributed by atoms with van der Waals surface area (Å²) in [5.41, 5.74) is 7.14. The Morgan fingerprint density at radius 2 is 1.67 bits per heavy atom. The second-order valence-electron chi connectivity index (χ2n) is 5.40. The minimum Gasteiger partial charge on any atom is -0.324 e. The molecule has 0 amide bonds. The van der Waals surface area contributed by atoms with E-state index in [1.54, 1.807) is 13.0 Å². The van der Waals surface area contributed by atoms with Crippen LogP contribution < -0.4 is 5.73 Å². The number of hydrogen-bond donors (Lipinski definition) is 1. The van der Waals surface area contributed by atoms with Crippen LogP contribution in [-0.4, -0.2) is 0 Å². The first-order valence-corrected chi connectivity index (χ1v) is 6.80. The van der Waals surface area contributed by atoms with E-state index in [0.29, 0.717) is 17.0 Å². The van der Waals surface area contributed by atoms with Crippen molar-refractivity contribution in [3.63, 3.8) is 0 Å². The molecule has 1 aromatic rings. The van der Waals surface area contributed by atoms with Gasteiger partial charge < -0.3 is 5.73 Å². The van der Waals surface area contributed by atoms with Gasteiger partial charge in [-0.15, -0.1) is 0 Å². The van der Waals surface area contributed by atoms with E-state index in [4.69, 9.17) is 5.73 Å². The quantitative estimate of drug-likeness (QED) is 0.784. The molecule has 2 rings (SSSR count). The Bertz CT molecular complexity index is 409. The van der Waals surface area contributed by atoms with Gasteiger partial charge in [-0.2, -0.15) is 0 Å². The van der Waals surface area contributed by atoms with Gasteiger partial charge in [0, 0.05) is 17.7 Å². The van der Waals surface area contributed by atoms with Crippen molar-refractivity contribution in [1.82, 2.24) is 0 Å². The van der Waals surface area contributed by atoms with E-state index in [0.717, 1.165) is 18.9 Å². The molecule has 100 valence electrons. The molecule has 0 aliphatic heterocycles. The van der Waals surface area contributed by atoms with Gasteiger partial charge in [-0.05, 0) is 37.3 Å². The van der Waals surface area contributed by atoms with Crippen LogP contribution in [0.2, 0.25) is 0 Å². The number of nitrogens with two attached hydrogens (primary N) is 1. The summed E-state index contributed by atoms with van der Waals surface area (Å²) in [4.78, 5) is 0. The Morgan fingerprint density at radius 1 is 1.06 bits per heavy atom. The zero-order chi connectivity index (χ0) is 13.1. The van der Waals surface area contributed by atoms with Gasteiger partial charge in [0.25, 0.3) is 0 Å². The first-order chi connectivity index (χ1) is 8.59. The fourth-order valence-corrected chi connectivity index (χ4v) is 2.86. The molecule has 1 aliphatic carbocycles. The zero-order valence-corrected chi connectivity index (χ0v) is 10.9. The van der Waals surface area contributed by atoms with Crippen LogP contribution in [0.1, 0.15) is 55.7 Å². The van der Waals surface area contributed by atoms with Crippen LogP contribution in [0.5, 0.6) is 0 Å². The number of halogens is 2. The lowest BCUT2D eigenvalue weighted by Crippen LogP contribution is -2.22. The molecule has 18 heavy (non-hydrogen) atoms. The third kappa shape index (κ3) is 2.89. The van der Waals surface area contributed by atoms with E-state index in [9.17, 15) is 8.78 Å². The van der Waals surface area contributed by atoms with Crippen LogP contribution in [0.15, 0.2) is 12.1 Å². The molecular formula is C15H21F2N. The van der Waals surface area contributed by atoms with Gasteiger partial charge in [0.05, 0.1) is 0 Å². The minimum absolute atomic E-state index is 0.303. The molecule has 0 bridgehead atoms. The zero-order valence-electron chi connectivity index (χ0n) is 10.9. The van der Waals surface area contributed by atoms with Gasteiger partial charge in [0.2, 0.25) is 0 Å². The van der Waals surface area contributed by atoms with E-state index in [1.807, 2.05) is 0 Å². The largest absolute Gasteiger partial charge is 0.324 e. The van der Waals surface area contributed by atoms with E-state index in [2.05, 4.69) is 0 Å². The molecule has 0 spiro atoms. The molecule has 3 heteroatoms. The fourth-order valence-electron chi connectivity index (χ4n) is 2.86. The van der Waals surface area contributed by atoms with Gasteiger partial charge in [0.15, 0.2) is 0 Å². The molecule has 0 radical (unpaired) electrons. The van der Waals surface area contributed by atoms with Crippen LogP contribution in [-0.2, 0) is 0 Å². The lowest BCUT2D eigenvalue weighted by atomic mass is 9.87. The lowest BCUT2D eigenvalue weighted by molar-refractivity contribution is 0.372. The van der Waals surface area contributed by atoms with Crippen molar-refractivity contribution in [2.45, 2.75) is 51.5 Å². The highest BCUT2D eigenvalue weighted by Crippen LogP contribution is 2.33. The highest BCUT2D eigenvalue weighted by Gasteiger charge is 2.24. The van der Waals surface area contributed by atoms with E-state index in [-0.39, 0.29) is 6.04 Å². The summed E-state index contributed by atoms with van der Waals surface area (Å²) in [7, 11) is 0. The second kappa shape index (κ2) is 5.79. The predicted molar refractivity (Wildman–Crippen MR) is 69.2 cm³/mol. The molecule has 1 aliphatic rings. The average Bonchev–Trinajstić information content (AvgIpc) is 2.61. The van der Waals surface area contributed by atoms with Gasteiger partial charge >= 0.3 is 0 Å². The first kappa shape index (κ1) is 13.5. The van der Waals surface area contributed by atoms with Crippen LogP contribution in [0.3, 0.4) is 0 Å². The first-order valence-electron chi connectivity index (χ1n) is 6.80. The molecule has 2 N–H and O–H groups in total. The molecule has 0 heterocycles.